The second-order valence-corrected chi connectivity index (χ2v) is 5.14. The van der Waals surface area contributed by atoms with Crippen LogP contribution in [0.2, 0.25) is 0 Å². The van der Waals surface area contributed by atoms with E-state index in [1.807, 2.05) is 67.6 Å². The van der Waals surface area contributed by atoms with Crippen molar-refractivity contribution >= 4 is 11.7 Å². The molecule has 2 aromatic carbocycles. The molecule has 0 aromatic heterocycles. The van der Waals surface area contributed by atoms with Gasteiger partial charge in [0.05, 0.1) is 0 Å². The molecule has 0 bridgehead atoms. The van der Waals surface area contributed by atoms with Crippen LogP contribution in [-0.4, -0.2) is 5.97 Å². The van der Waals surface area contributed by atoms with E-state index in [0.29, 0.717) is 11.3 Å². The average Bonchev–Trinajstić information content (AvgIpc) is 2.53. The minimum Gasteiger partial charge on any atom is -0.423 e. The molecule has 2 nitrogen and oxygen atoms in total. The molecule has 21 heavy (non-hydrogen) atoms. The van der Waals surface area contributed by atoms with E-state index in [0.717, 1.165) is 16.7 Å². The van der Waals surface area contributed by atoms with E-state index in [-0.39, 0.29) is 11.9 Å². The molecule has 104 valence electrons. The van der Waals surface area contributed by atoms with Gasteiger partial charge < -0.3 is 4.74 Å². The van der Waals surface area contributed by atoms with Gasteiger partial charge >= 0.3 is 5.97 Å². The average molecular weight is 276 g/mol. The lowest BCUT2D eigenvalue weighted by Crippen LogP contribution is -2.21. The third kappa shape index (κ3) is 2.40. The van der Waals surface area contributed by atoms with E-state index < -0.39 is 0 Å². The first-order valence-corrected chi connectivity index (χ1v) is 6.90. The molecule has 2 aromatic rings. The van der Waals surface area contributed by atoms with Crippen molar-refractivity contribution in [3.63, 3.8) is 0 Å². The summed E-state index contributed by atoms with van der Waals surface area (Å²) in [7, 11) is 0. The van der Waals surface area contributed by atoms with Crippen LogP contribution in [0.1, 0.15) is 24.0 Å². The third-order valence-corrected chi connectivity index (χ3v) is 3.77. The number of ether oxygens (including phenoxy) is 1. The zero-order valence-electron chi connectivity index (χ0n) is 11.9. The van der Waals surface area contributed by atoms with Crippen molar-refractivity contribution in [3.8, 4) is 0 Å². The van der Waals surface area contributed by atoms with E-state index in [2.05, 4.69) is 6.58 Å². The molecule has 0 amide bonds. The quantitative estimate of drug-likeness (QED) is 0.603. The molecule has 1 unspecified atom stereocenters. The van der Waals surface area contributed by atoms with Gasteiger partial charge in [-0.15, -0.1) is 0 Å². The van der Waals surface area contributed by atoms with Gasteiger partial charge in [0.15, 0.2) is 0 Å². The number of benzene rings is 2. The number of carbonyl (C=O) groups is 1. The number of allylic oxidation sites excluding steroid dienone is 1. The largest absolute Gasteiger partial charge is 0.423 e. The zero-order valence-corrected chi connectivity index (χ0v) is 11.9. The SMILES string of the molecule is C=C1C(=O)OC(c2ccccc2)=C(C)C1c1ccccc1. The maximum atomic E-state index is 12.2. The van der Waals surface area contributed by atoms with Crippen molar-refractivity contribution in [1.82, 2.24) is 0 Å². The van der Waals surface area contributed by atoms with Crippen LogP contribution in [0.4, 0.5) is 0 Å². The fourth-order valence-corrected chi connectivity index (χ4v) is 2.72. The Bertz CT molecular complexity index is 712. The number of hydrogen-bond acceptors (Lipinski definition) is 2. The van der Waals surface area contributed by atoms with Gasteiger partial charge in [-0.3, -0.25) is 0 Å². The molecule has 0 saturated carbocycles. The van der Waals surface area contributed by atoms with Crippen LogP contribution >= 0.6 is 0 Å². The predicted octanol–water partition coefficient (Wildman–Crippen LogP) is 4.31. The summed E-state index contributed by atoms with van der Waals surface area (Å²) in [6.45, 7) is 5.92. The van der Waals surface area contributed by atoms with Crippen LogP contribution in [0.5, 0.6) is 0 Å². The first-order chi connectivity index (χ1) is 10.2. The fraction of sp³-hybridized carbons (Fsp3) is 0.105. The van der Waals surface area contributed by atoms with Crippen LogP contribution in [0.3, 0.4) is 0 Å². The summed E-state index contributed by atoms with van der Waals surface area (Å²) in [5, 5.41) is 0. The molecule has 1 heterocycles. The summed E-state index contributed by atoms with van der Waals surface area (Å²) >= 11 is 0. The van der Waals surface area contributed by atoms with E-state index in [4.69, 9.17) is 4.74 Å². The van der Waals surface area contributed by atoms with Gasteiger partial charge in [0, 0.05) is 17.1 Å². The Morgan fingerprint density at radius 2 is 1.52 bits per heavy atom. The minimum absolute atomic E-state index is 0.123. The second-order valence-electron chi connectivity index (χ2n) is 5.14. The molecular weight excluding hydrogens is 260 g/mol. The minimum atomic E-state index is -0.353. The van der Waals surface area contributed by atoms with Crippen molar-refractivity contribution in [3.05, 3.63) is 89.5 Å². The summed E-state index contributed by atoms with van der Waals surface area (Å²) < 4.78 is 5.49. The topological polar surface area (TPSA) is 26.3 Å². The monoisotopic (exact) mass is 276 g/mol. The van der Waals surface area contributed by atoms with E-state index in [1.54, 1.807) is 0 Å². The molecule has 1 aliphatic heterocycles. The van der Waals surface area contributed by atoms with Crippen LogP contribution in [0, 0.1) is 0 Å². The molecule has 0 aliphatic carbocycles. The van der Waals surface area contributed by atoms with Gasteiger partial charge in [0.25, 0.3) is 0 Å². The number of carbonyl (C=O) groups excluding carboxylic acids is 1. The molecule has 0 fully saturated rings. The Morgan fingerprint density at radius 3 is 2.14 bits per heavy atom. The van der Waals surface area contributed by atoms with Crippen molar-refractivity contribution < 1.29 is 9.53 Å². The molecule has 1 aliphatic rings. The van der Waals surface area contributed by atoms with Gasteiger partial charge in [0.2, 0.25) is 0 Å². The van der Waals surface area contributed by atoms with Gasteiger partial charge in [-0.1, -0.05) is 67.2 Å². The third-order valence-electron chi connectivity index (χ3n) is 3.77. The zero-order chi connectivity index (χ0) is 14.8. The Kier molecular flexibility index (Phi) is 3.44. The van der Waals surface area contributed by atoms with Crippen molar-refractivity contribution in [2.24, 2.45) is 0 Å². The van der Waals surface area contributed by atoms with Crippen LogP contribution in [0.15, 0.2) is 78.4 Å². The Hall–Kier alpha value is -2.61. The molecule has 0 radical (unpaired) electrons. The first-order valence-electron chi connectivity index (χ1n) is 6.90. The van der Waals surface area contributed by atoms with Gasteiger partial charge in [0.1, 0.15) is 5.76 Å². The maximum absolute atomic E-state index is 12.2. The van der Waals surface area contributed by atoms with Crippen molar-refractivity contribution in [1.29, 1.82) is 0 Å². The Labute approximate surface area is 124 Å². The predicted molar refractivity (Wildman–Crippen MR) is 83.5 cm³/mol. The number of cyclic esters (lactones) is 1. The number of hydrogen-bond donors (Lipinski definition) is 0. The molecule has 0 spiro atoms. The molecule has 0 saturated heterocycles. The lowest BCUT2D eigenvalue weighted by Gasteiger charge is -2.28. The van der Waals surface area contributed by atoms with Gasteiger partial charge in [-0.05, 0) is 18.1 Å². The van der Waals surface area contributed by atoms with E-state index in [9.17, 15) is 4.79 Å². The fourth-order valence-electron chi connectivity index (χ4n) is 2.72. The highest BCUT2D eigenvalue weighted by atomic mass is 16.5. The first kappa shape index (κ1) is 13.4. The normalized spacial score (nSPS) is 18.6. The van der Waals surface area contributed by atoms with Crippen LogP contribution in [0.25, 0.3) is 5.76 Å². The summed E-state index contributed by atoms with van der Waals surface area (Å²) in [5.74, 6) is 0.165. The number of esters is 1. The molecular formula is C19H16O2. The maximum Gasteiger partial charge on any atom is 0.339 e. The van der Waals surface area contributed by atoms with Crippen LogP contribution < -0.4 is 0 Å². The summed E-state index contributed by atoms with van der Waals surface area (Å²) in [4.78, 5) is 12.2. The Morgan fingerprint density at radius 1 is 0.952 bits per heavy atom. The second kappa shape index (κ2) is 5.41. The van der Waals surface area contributed by atoms with E-state index in [1.165, 1.54) is 0 Å². The summed E-state index contributed by atoms with van der Waals surface area (Å²) in [6.07, 6.45) is 0. The van der Waals surface area contributed by atoms with Gasteiger partial charge in [-0.2, -0.15) is 0 Å². The Balaban J connectivity index is 2.14. The van der Waals surface area contributed by atoms with Crippen molar-refractivity contribution in [2.45, 2.75) is 12.8 Å². The smallest absolute Gasteiger partial charge is 0.339 e. The highest BCUT2D eigenvalue weighted by Crippen LogP contribution is 2.40. The summed E-state index contributed by atoms with van der Waals surface area (Å²) in [6, 6.07) is 19.6. The molecule has 2 heteroatoms. The van der Waals surface area contributed by atoms with Crippen molar-refractivity contribution in [2.75, 3.05) is 0 Å². The summed E-state index contributed by atoms with van der Waals surface area (Å²) in [5.41, 5.74) is 3.47. The highest BCUT2D eigenvalue weighted by molar-refractivity contribution is 5.97. The van der Waals surface area contributed by atoms with Crippen LogP contribution in [-0.2, 0) is 9.53 Å². The molecule has 0 N–H and O–H groups in total. The lowest BCUT2D eigenvalue weighted by molar-refractivity contribution is -0.133. The van der Waals surface area contributed by atoms with E-state index >= 15 is 0 Å². The standard InChI is InChI=1S/C19H16O2/c1-13-17(15-9-5-3-6-10-15)14(2)19(20)21-18(13)16-11-7-4-8-12-16/h3-12,17H,2H2,1H3. The molecule has 1 atom stereocenters. The lowest BCUT2D eigenvalue weighted by atomic mass is 9.83. The van der Waals surface area contributed by atoms with Gasteiger partial charge in [-0.25, -0.2) is 4.79 Å². The highest BCUT2D eigenvalue weighted by Gasteiger charge is 2.32. The molecule has 3 rings (SSSR count). The number of rotatable bonds is 2.